The third-order valence-corrected chi connectivity index (χ3v) is 4.89. The van der Waals surface area contributed by atoms with E-state index in [2.05, 4.69) is 21.0 Å². The minimum absolute atomic E-state index is 0.258. The Morgan fingerprint density at radius 1 is 1.16 bits per heavy atom. The number of hydrogen-bond donors (Lipinski definition) is 0. The summed E-state index contributed by atoms with van der Waals surface area (Å²) in [6.07, 6.45) is 5.82. The first-order chi connectivity index (χ1) is 12.2. The van der Waals surface area contributed by atoms with E-state index in [9.17, 15) is 4.39 Å². The lowest BCUT2D eigenvalue weighted by Gasteiger charge is -2.31. The molecular formula is C19H21FN4O. The van der Waals surface area contributed by atoms with Gasteiger partial charge >= 0.3 is 0 Å². The van der Waals surface area contributed by atoms with Crippen LogP contribution in [0.25, 0.3) is 11.5 Å². The number of halogens is 1. The summed E-state index contributed by atoms with van der Waals surface area (Å²) in [7, 11) is 2.01. The molecule has 1 aliphatic rings. The lowest BCUT2D eigenvalue weighted by atomic mass is 9.93. The van der Waals surface area contributed by atoms with Gasteiger partial charge in [0, 0.05) is 37.0 Å². The number of rotatable bonds is 4. The Bertz CT molecular complexity index is 831. The normalized spacial score (nSPS) is 16.4. The van der Waals surface area contributed by atoms with Gasteiger partial charge in [0.25, 0.3) is 0 Å². The van der Waals surface area contributed by atoms with Gasteiger partial charge in [0.2, 0.25) is 5.89 Å². The van der Waals surface area contributed by atoms with Gasteiger partial charge in [-0.25, -0.2) is 9.37 Å². The van der Waals surface area contributed by atoms with Crippen LogP contribution in [0.15, 0.2) is 47.2 Å². The van der Waals surface area contributed by atoms with E-state index in [1.807, 2.05) is 17.9 Å². The van der Waals surface area contributed by atoms with E-state index in [-0.39, 0.29) is 5.82 Å². The lowest BCUT2D eigenvalue weighted by molar-refractivity contribution is 0.199. The highest BCUT2D eigenvalue weighted by atomic mass is 19.1. The first kappa shape index (κ1) is 16.0. The number of benzene rings is 1. The van der Waals surface area contributed by atoms with Crippen LogP contribution >= 0.6 is 0 Å². The fourth-order valence-electron chi connectivity index (χ4n) is 3.51. The van der Waals surface area contributed by atoms with Gasteiger partial charge in [-0.2, -0.15) is 5.10 Å². The van der Waals surface area contributed by atoms with Crippen LogP contribution in [0.5, 0.6) is 0 Å². The van der Waals surface area contributed by atoms with Crippen molar-refractivity contribution in [2.45, 2.75) is 25.3 Å². The Labute approximate surface area is 146 Å². The van der Waals surface area contributed by atoms with Gasteiger partial charge in [-0.05, 0) is 56.3 Å². The second-order valence-corrected chi connectivity index (χ2v) is 6.58. The lowest BCUT2D eigenvalue weighted by Crippen LogP contribution is -2.33. The zero-order valence-corrected chi connectivity index (χ0v) is 14.2. The van der Waals surface area contributed by atoms with Crippen LogP contribution in [0.1, 0.15) is 30.1 Å². The molecule has 0 spiro atoms. The van der Waals surface area contributed by atoms with Gasteiger partial charge in [0.1, 0.15) is 12.1 Å². The van der Waals surface area contributed by atoms with E-state index in [0.29, 0.717) is 11.8 Å². The third kappa shape index (κ3) is 3.49. The van der Waals surface area contributed by atoms with Crippen LogP contribution in [-0.2, 0) is 13.6 Å². The summed E-state index contributed by atoms with van der Waals surface area (Å²) in [4.78, 5) is 6.94. The second kappa shape index (κ2) is 6.80. The Morgan fingerprint density at radius 3 is 2.60 bits per heavy atom. The first-order valence-corrected chi connectivity index (χ1v) is 8.59. The molecular weight excluding hydrogens is 319 g/mol. The molecule has 25 heavy (non-hydrogen) atoms. The molecule has 1 aliphatic heterocycles. The highest BCUT2D eigenvalue weighted by Gasteiger charge is 2.23. The van der Waals surface area contributed by atoms with Crippen molar-refractivity contribution in [1.29, 1.82) is 0 Å². The Morgan fingerprint density at radius 2 is 1.92 bits per heavy atom. The molecule has 5 nitrogen and oxygen atoms in total. The quantitative estimate of drug-likeness (QED) is 0.728. The summed E-state index contributed by atoms with van der Waals surface area (Å²) < 4.78 is 20.5. The Balaban J connectivity index is 1.36. The summed E-state index contributed by atoms with van der Waals surface area (Å²) in [5.74, 6) is 0.863. The van der Waals surface area contributed by atoms with Crippen molar-refractivity contribution in [2.75, 3.05) is 13.1 Å². The fraction of sp³-hybridized carbons (Fsp3) is 0.368. The number of hydrogen-bond acceptors (Lipinski definition) is 4. The average molecular weight is 340 g/mol. The van der Waals surface area contributed by atoms with Crippen molar-refractivity contribution in [3.63, 3.8) is 0 Å². The first-order valence-electron chi connectivity index (χ1n) is 8.59. The monoisotopic (exact) mass is 340 g/mol. The minimum atomic E-state index is -0.258. The van der Waals surface area contributed by atoms with Gasteiger partial charge < -0.3 is 4.42 Å². The number of oxazole rings is 1. The predicted molar refractivity (Wildman–Crippen MR) is 92.4 cm³/mol. The van der Waals surface area contributed by atoms with Crippen LogP contribution in [-0.4, -0.2) is 32.8 Å². The standard InChI is InChI=1S/C19H21FN4O/c1-23-18(6-9-21-23)14-7-10-24(11-8-14)12-17-13-25-19(22-17)15-2-4-16(20)5-3-15/h2-6,9,13-14H,7-8,10-12H2,1H3. The van der Waals surface area contributed by atoms with Crippen molar-refractivity contribution < 1.29 is 8.81 Å². The average Bonchev–Trinajstić information content (AvgIpc) is 3.26. The molecule has 0 bridgehead atoms. The number of piperidine rings is 1. The molecule has 0 unspecified atom stereocenters. The molecule has 0 aliphatic carbocycles. The predicted octanol–water partition coefficient (Wildman–Crippen LogP) is 3.59. The molecule has 0 atom stereocenters. The van der Waals surface area contributed by atoms with E-state index < -0.39 is 0 Å². The van der Waals surface area contributed by atoms with Crippen LogP contribution in [0.3, 0.4) is 0 Å². The summed E-state index contributed by atoms with van der Waals surface area (Å²) in [5, 5.41) is 4.27. The smallest absolute Gasteiger partial charge is 0.226 e. The number of likely N-dealkylation sites (tertiary alicyclic amines) is 1. The summed E-state index contributed by atoms with van der Waals surface area (Å²) in [6, 6.07) is 8.33. The van der Waals surface area contributed by atoms with Crippen molar-refractivity contribution in [1.82, 2.24) is 19.7 Å². The van der Waals surface area contributed by atoms with E-state index in [1.165, 1.54) is 17.8 Å². The van der Waals surface area contributed by atoms with Gasteiger partial charge in [-0.3, -0.25) is 9.58 Å². The van der Waals surface area contributed by atoms with Crippen LogP contribution in [0.2, 0.25) is 0 Å². The summed E-state index contributed by atoms with van der Waals surface area (Å²) in [6.45, 7) is 2.85. The number of nitrogens with zero attached hydrogens (tertiary/aromatic N) is 4. The van der Waals surface area contributed by atoms with Crippen molar-refractivity contribution in [3.8, 4) is 11.5 Å². The number of aryl methyl sites for hydroxylation is 1. The highest BCUT2D eigenvalue weighted by Crippen LogP contribution is 2.28. The molecule has 4 rings (SSSR count). The van der Waals surface area contributed by atoms with Crippen LogP contribution in [0, 0.1) is 5.82 Å². The van der Waals surface area contributed by atoms with Crippen molar-refractivity contribution in [2.24, 2.45) is 7.05 Å². The van der Waals surface area contributed by atoms with Crippen LogP contribution in [0.4, 0.5) is 4.39 Å². The highest BCUT2D eigenvalue weighted by molar-refractivity contribution is 5.52. The van der Waals surface area contributed by atoms with Crippen molar-refractivity contribution >= 4 is 0 Å². The molecule has 1 aromatic carbocycles. The maximum Gasteiger partial charge on any atom is 0.226 e. The minimum Gasteiger partial charge on any atom is -0.444 e. The van der Waals surface area contributed by atoms with E-state index >= 15 is 0 Å². The molecule has 3 aromatic rings. The van der Waals surface area contributed by atoms with E-state index in [0.717, 1.165) is 43.7 Å². The Hall–Kier alpha value is -2.47. The molecule has 0 radical (unpaired) electrons. The van der Waals surface area contributed by atoms with Crippen molar-refractivity contribution in [3.05, 3.63) is 60.0 Å². The van der Waals surface area contributed by atoms with E-state index in [4.69, 9.17) is 4.42 Å². The molecule has 6 heteroatoms. The zero-order chi connectivity index (χ0) is 17.2. The molecule has 2 aromatic heterocycles. The van der Waals surface area contributed by atoms with Gasteiger partial charge in [0.05, 0.1) is 5.69 Å². The third-order valence-electron chi connectivity index (χ3n) is 4.89. The SMILES string of the molecule is Cn1nccc1C1CCN(Cc2coc(-c3ccc(F)cc3)n2)CC1. The van der Waals surface area contributed by atoms with Gasteiger partial charge in [0.15, 0.2) is 0 Å². The molecule has 1 fully saturated rings. The fourth-order valence-corrected chi connectivity index (χ4v) is 3.51. The van der Waals surface area contributed by atoms with Gasteiger partial charge in [-0.15, -0.1) is 0 Å². The summed E-state index contributed by atoms with van der Waals surface area (Å²) in [5.41, 5.74) is 3.03. The van der Waals surface area contributed by atoms with E-state index in [1.54, 1.807) is 18.4 Å². The summed E-state index contributed by atoms with van der Waals surface area (Å²) >= 11 is 0. The maximum atomic E-state index is 13.0. The molecule has 130 valence electrons. The molecule has 0 amide bonds. The number of aromatic nitrogens is 3. The molecule has 1 saturated heterocycles. The Kier molecular flexibility index (Phi) is 4.36. The second-order valence-electron chi connectivity index (χ2n) is 6.58. The topological polar surface area (TPSA) is 47.1 Å². The zero-order valence-electron chi connectivity index (χ0n) is 14.2. The molecule has 0 N–H and O–H groups in total. The maximum absolute atomic E-state index is 13.0. The van der Waals surface area contributed by atoms with Gasteiger partial charge in [-0.1, -0.05) is 0 Å². The van der Waals surface area contributed by atoms with Crippen LogP contribution < -0.4 is 0 Å². The largest absolute Gasteiger partial charge is 0.444 e. The molecule has 3 heterocycles. The molecule has 0 saturated carbocycles.